The van der Waals surface area contributed by atoms with E-state index in [1.165, 1.54) is 23.0 Å². The van der Waals surface area contributed by atoms with Gasteiger partial charge in [0.05, 0.1) is 18.5 Å². The summed E-state index contributed by atoms with van der Waals surface area (Å²) < 4.78 is 59.6. The Balaban J connectivity index is 1.53. The molecule has 0 bridgehead atoms. The number of rotatable bonds is 13. The maximum Gasteiger partial charge on any atom is 0.387 e. The van der Waals surface area contributed by atoms with Gasteiger partial charge < -0.3 is 25.8 Å². The first-order chi connectivity index (χ1) is 19.3. The van der Waals surface area contributed by atoms with Crippen molar-refractivity contribution < 1.29 is 32.2 Å². The van der Waals surface area contributed by atoms with Crippen LogP contribution >= 0.6 is 0 Å². The van der Waals surface area contributed by atoms with E-state index < -0.39 is 24.0 Å². The van der Waals surface area contributed by atoms with Crippen molar-refractivity contribution in [2.75, 3.05) is 31.6 Å². The number of amides is 1. The number of aliphatic hydroxyl groups excluding tert-OH is 1. The Labute approximate surface area is 227 Å². The number of nitrogens with one attached hydrogen (secondary N) is 3. The molecule has 0 aliphatic carbocycles. The van der Waals surface area contributed by atoms with E-state index in [4.69, 9.17) is 5.11 Å². The highest BCUT2D eigenvalue weighted by Gasteiger charge is 2.21. The molecule has 212 valence electrons. The minimum atomic E-state index is -3.29. The molecule has 9 nitrogen and oxygen atoms in total. The molecule has 40 heavy (non-hydrogen) atoms. The Morgan fingerprint density at radius 2 is 1.93 bits per heavy atom. The fraction of sp³-hybridized carbons (Fsp3) is 0.296. The average Bonchev–Trinajstić information content (AvgIpc) is 3.38. The lowest BCUT2D eigenvalue weighted by Crippen LogP contribution is -2.28. The summed E-state index contributed by atoms with van der Waals surface area (Å²) in [6.07, 6.45) is 5.59. The Kier molecular flexibility index (Phi) is 9.51. The number of halogens is 4. The second kappa shape index (κ2) is 13.2. The van der Waals surface area contributed by atoms with Crippen LogP contribution in [-0.2, 0) is 6.42 Å². The van der Waals surface area contributed by atoms with Crippen molar-refractivity contribution in [2.45, 2.75) is 26.4 Å². The van der Waals surface area contributed by atoms with Crippen molar-refractivity contribution in [1.82, 2.24) is 25.0 Å². The van der Waals surface area contributed by atoms with Gasteiger partial charge in [0.25, 0.3) is 5.91 Å². The third kappa shape index (κ3) is 6.49. The summed E-state index contributed by atoms with van der Waals surface area (Å²) in [6, 6.07) is 7.32. The van der Waals surface area contributed by atoms with Crippen LogP contribution in [0.15, 0.2) is 48.9 Å². The second-order valence-corrected chi connectivity index (χ2v) is 8.66. The fourth-order valence-corrected chi connectivity index (χ4v) is 4.16. The number of carbonyl (C=O) groups excluding carboxylic acids is 1. The van der Waals surface area contributed by atoms with Gasteiger partial charge in [0.1, 0.15) is 0 Å². The Morgan fingerprint density at radius 1 is 1.10 bits per heavy atom. The number of hydrogen-bond acceptors (Lipinski definition) is 7. The lowest BCUT2D eigenvalue weighted by Gasteiger charge is -2.13. The van der Waals surface area contributed by atoms with Crippen LogP contribution in [0, 0.1) is 11.6 Å². The Bertz CT molecular complexity index is 1480. The summed E-state index contributed by atoms with van der Waals surface area (Å²) in [5, 5.41) is 17.9. The van der Waals surface area contributed by atoms with Gasteiger partial charge in [-0.2, -0.15) is 13.2 Å². The van der Waals surface area contributed by atoms with E-state index in [0.717, 1.165) is 24.1 Å². The van der Waals surface area contributed by atoms with Crippen molar-refractivity contribution in [1.29, 1.82) is 0 Å². The topological polar surface area (TPSA) is 113 Å². The van der Waals surface area contributed by atoms with E-state index in [2.05, 4.69) is 30.7 Å². The summed E-state index contributed by atoms with van der Waals surface area (Å²) in [5.74, 6) is -3.65. The number of anilines is 2. The number of nitrogens with zero attached hydrogens (tertiary/aromatic N) is 3. The van der Waals surface area contributed by atoms with E-state index >= 15 is 0 Å². The number of imidazole rings is 1. The highest BCUT2D eigenvalue weighted by molar-refractivity contribution is 5.96. The zero-order valence-electron chi connectivity index (χ0n) is 21.6. The standard InChI is InChI=1S/C27H28F4N6O3/c1-2-16-14-17(4-5-18(16)26(39)34-9-3-8-32-11-13-38)36-24-25-35-15-20(37(25)12-10-33-24)19-6-7-21(40-27(30)31)23(29)22(19)28/h4-7,10,12,14-15,27,32,38H,2-3,8-9,11,13H2,1H3,(H,33,36)(H,34,39). The second-order valence-electron chi connectivity index (χ2n) is 8.66. The number of hydrogen-bond donors (Lipinski definition) is 4. The van der Waals surface area contributed by atoms with Crippen LogP contribution < -0.4 is 20.7 Å². The quantitative estimate of drug-likeness (QED) is 0.143. The maximum atomic E-state index is 14.8. The largest absolute Gasteiger partial charge is 0.432 e. The Morgan fingerprint density at radius 3 is 2.67 bits per heavy atom. The smallest absolute Gasteiger partial charge is 0.387 e. The molecule has 0 atom stereocenters. The first-order valence-electron chi connectivity index (χ1n) is 12.6. The normalized spacial score (nSPS) is 11.3. The average molecular weight is 561 g/mol. The molecule has 0 saturated carbocycles. The minimum absolute atomic E-state index is 0.0616. The van der Waals surface area contributed by atoms with Crippen LogP contribution in [0.25, 0.3) is 16.9 Å². The SMILES string of the molecule is CCc1cc(Nc2nccn3c(-c4ccc(OC(F)F)c(F)c4F)cnc23)ccc1C(=O)NCCCNCCO. The van der Waals surface area contributed by atoms with Gasteiger partial charge in [0, 0.05) is 42.3 Å². The molecule has 0 aliphatic heterocycles. The molecule has 0 unspecified atom stereocenters. The molecule has 4 aromatic rings. The third-order valence-corrected chi connectivity index (χ3v) is 6.06. The van der Waals surface area contributed by atoms with Gasteiger partial charge in [-0.15, -0.1) is 0 Å². The van der Waals surface area contributed by atoms with Gasteiger partial charge in [-0.3, -0.25) is 9.20 Å². The van der Waals surface area contributed by atoms with Crippen molar-refractivity contribution >= 4 is 23.1 Å². The van der Waals surface area contributed by atoms with Crippen LogP contribution in [0.3, 0.4) is 0 Å². The number of aromatic nitrogens is 3. The molecule has 2 aromatic carbocycles. The number of ether oxygens (including phenoxy) is 1. The van der Waals surface area contributed by atoms with Gasteiger partial charge in [-0.25, -0.2) is 14.4 Å². The number of fused-ring (bicyclic) bond motifs is 1. The van der Waals surface area contributed by atoms with E-state index in [9.17, 15) is 22.4 Å². The number of aryl methyl sites for hydroxylation is 1. The van der Waals surface area contributed by atoms with Crippen molar-refractivity contribution in [3.05, 3.63) is 71.7 Å². The van der Waals surface area contributed by atoms with E-state index in [1.54, 1.807) is 12.1 Å². The molecule has 0 fully saturated rings. The lowest BCUT2D eigenvalue weighted by atomic mass is 10.0. The highest BCUT2D eigenvalue weighted by atomic mass is 19.3. The molecule has 2 heterocycles. The molecule has 1 amide bonds. The van der Waals surface area contributed by atoms with Crippen LogP contribution in [0.2, 0.25) is 0 Å². The van der Waals surface area contributed by atoms with Crippen LogP contribution in [0.5, 0.6) is 5.75 Å². The van der Waals surface area contributed by atoms with Gasteiger partial charge in [0.15, 0.2) is 23.0 Å². The molecule has 13 heteroatoms. The van der Waals surface area contributed by atoms with Gasteiger partial charge in [-0.05, 0) is 55.3 Å². The number of benzene rings is 2. The number of aliphatic hydroxyl groups is 1. The van der Waals surface area contributed by atoms with Gasteiger partial charge in [0.2, 0.25) is 5.82 Å². The highest BCUT2D eigenvalue weighted by Crippen LogP contribution is 2.32. The predicted molar refractivity (Wildman–Crippen MR) is 141 cm³/mol. The van der Waals surface area contributed by atoms with Gasteiger partial charge in [-0.1, -0.05) is 6.92 Å². The van der Waals surface area contributed by atoms with E-state index in [-0.39, 0.29) is 23.8 Å². The monoisotopic (exact) mass is 560 g/mol. The van der Waals surface area contributed by atoms with Crippen LogP contribution in [0.4, 0.5) is 29.1 Å². The van der Waals surface area contributed by atoms with E-state index in [1.807, 2.05) is 13.0 Å². The summed E-state index contributed by atoms with van der Waals surface area (Å²) in [4.78, 5) is 21.3. The third-order valence-electron chi connectivity index (χ3n) is 6.06. The molecule has 2 aromatic heterocycles. The van der Waals surface area contributed by atoms with Crippen molar-refractivity contribution in [3.63, 3.8) is 0 Å². The Hall–Kier alpha value is -4.23. The zero-order valence-corrected chi connectivity index (χ0v) is 21.6. The summed E-state index contributed by atoms with van der Waals surface area (Å²) in [5.41, 5.74) is 2.27. The molecular formula is C27H28F4N6O3. The summed E-state index contributed by atoms with van der Waals surface area (Å²) in [7, 11) is 0. The lowest BCUT2D eigenvalue weighted by molar-refractivity contribution is -0.0525. The number of carbonyl (C=O) groups is 1. The molecule has 4 N–H and O–H groups in total. The maximum absolute atomic E-state index is 14.8. The zero-order chi connectivity index (χ0) is 28.6. The van der Waals surface area contributed by atoms with Gasteiger partial charge >= 0.3 is 6.61 Å². The first-order valence-corrected chi connectivity index (χ1v) is 12.6. The molecule has 0 radical (unpaired) electrons. The van der Waals surface area contributed by atoms with Crippen LogP contribution in [-0.4, -0.2) is 58.2 Å². The van der Waals surface area contributed by atoms with E-state index in [0.29, 0.717) is 48.8 Å². The predicted octanol–water partition coefficient (Wildman–Crippen LogP) is 4.28. The van der Waals surface area contributed by atoms with Crippen LogP contribution in [0.1, 0.15) is 29.3 Å². The van der Waals surface area contributed by atoms with Crippen molar-refractivity contribution in [2.24, 2.45) is 0 Å². The minimum Gasteiger partial charge on any atom is -0.432 e. The molecule has 0 saturated heterocycles. The number of alkyl halides is 2. The summed E-state index contributed by atoms with van der Waals surface area (Å²) in [6.45, 7) is 0.370. The molecule has 0 spiro atoms. The molecular weight excluding hydrogens is 532 g/mol. The molecule has 4 rings (SSSR count). The summed E-state index contributed by atoms with van der Waals surface area (Å²) >= 11 is 0. The first kappa shape index (κ1) is 28.8. The fourth-order valence-electron chi connectivity index (χ4n) is 4.16. The van der Waals surface area contributed by atoms with Crippen molar-refractivity contribution in [3.8, 4) is 17.0 Å². The molecule has 0 aliphatic rings.